The summed E-state index contributed by atoms with van der Waals surface area (Å²) in [6.45, 7) is 4.23. The van der Waals surface area contributed by atoms with Crippen LogP contribution in [0.5, 0.6) is 0 Å². The highest BCUT2D eigenvalue weighted by atomic mass is 16.1. The molecule has 98 valence electrons. The molecule has 0 bridgehead atoms. The number of hydrogen-bond donors (Lipinski definition) is 1. The monoisotopic (exact) mass is 254 g/mol. The van der Waals surface area contributed by atoms with Crippen LogP contribution in [-0.4, -0.2) is 15.8 Å². The second-order valence-corrected chi connectivity index (χ2v) is 5.34. The van der Waals surface area contributed by atoms with Gasteiger partial charge in [-0.1, -0.05) is 19.9 Å². The van der Waals surface area contributed by atoms with Crippen molar-refractivity contribution in [2.24, 2.45) is 5.92 Å². The van der Waals surface area contributed by atoms with E-state index in [1.54, 1.807) is 6.20 Å². The summed E-state index contributed by atoms with van der Waals surface area (Å²) in [5, 5.41) is 0. The van der Waals surface area contributed by atoms with Gasteiger partial charge in [0, 0.05) is 23.9 Å². The molecule has 0 aromatic carbocycles. The van der Waals surface area contributed by atoms with E-state index in [1.807, 2.05) is 18.2 Å². The first-order chi connectivity index (χ1) is 9.20. The van der Waals surface area contributed by atoms with Crippen molar-refractivity contribution in [3.05, 3.63) is 41.2 Å². The van der Waals surface area contributed by atoms with Gasteiger partial charge in [0.25, 0.3) is 0 Å². The van der Waals surface area contributed by atoms with Crippen molar-refractivity contribution < 1.29 is 4.79 Å². The molecule has 19 heavy (non-hydrogen) atoms. The van der Waals surface area contributed by atoms with Crippen molar-refractivity contribution in [3.8, 4) is 11.4 Å². The first-order valence-corrected chi connectivity index (χ1v) is 6.89. The number of carbonyl (C=O) groups excluding carboxylic acids is 1. The molecule has 1 unspecified atom stereocenters. The molecule has 1 N–H and O–H groups in total. The van der Waals surface area contributed by atoms with Crippen molar-refractivity contribution >= 4 is 5.78 Å². The van der Waals surface area contributed by atoms with E-state index in [2.05, 4.69) is 23.8 Å². The van der Waals surface area contributed by atoms with Crippen molar-refractivity contribution in [2.75, 3.05) is 0 Å². The molecule has 2 aromatic heterocycles. The first-order valence-electron chi connectivity index (χ1n) is 6.89. The number of Topliss-reactive ketones (excluding diaryl/α,β-unsaturated/α-hetero) is 1. The molecule has 2 heterocycles. The minimum Gasteiger partial charge on any atom is -0.356 e. The third-order valence-electron chi connectivity index (χ3n) is 3.82. The van der Waals surface area contributed by atoms with Crippen LogP contribution in [0.15, 0.2) is 24.4 Å². The number of rotatable bonds is 2. The van der Waals surface area contributed by atoms with Crippen LogP contribution in [0.25, 0.3) is 11.4 Å². The lowest BCUT2D eigenvalue weighted by Crippen LogP contribution is -2.17. The van der Waals surface area contributed by atoms with Gasteiger partial charge in [-0.05, 0) is 36.5 Å². The SMILES string of the molecule is CCc1c(-c2ccccn2)[nH]c2c1C(=O)CC(C)C2. The van der Waals surface area contributed by atoms with Gasteiger partial charge < -0.3 is 4.98 Å². The van der Waals surface area contributed by atoms with Crippen molar-refractivity contribution in [1.29, 1.82) is 0 Å². The maximum Gasteiger partial charge on any atom is 0.165 e. The summed E-state index contributed by atoms with van der Waals surface area (Å²) in [7, 11) is 0. The number of nitrogens with one attached hydrogen (secondary N) is 1. The summed E-state index contributed by atoms with van der Waals surface area (Å²) in [6, 6.07) is 5.88. The second kappa shape index (κ2) is 4.65. The Labute approximate surface area is 113 Å². The Balaban J connectivity index is 2.18. The standard InChI is InChI=1S/C16H18N2O/c1-3-11-15-13(8-10(2)9-14(15)19)18-16(11)12-6-4-5-7-17-12/h4-7,10,18H,3,8-9H2,1-2H3. The highest BCUT2D eigenvalue weighted by Crippen LogP contribution is 2.33. The van der Waals surface area contributed by atoms with Crippen LogP contribution >= 0.6 is 0 Å². The van der Waals surface area contributed by atoms with Crippen LogP contribution in [0.1, 0.15) is 41.9 Å². The number of H-pyrrole nitrogens is 1. The van der Waals surface area contributed by atoms with Crippen LogP contribution < -0.4 is 0 Å². The molecule has 0 amide bonds. The van der Waals surface area contributed by atoms with E-state index in [0.29, 0.717) is 12.3 Å². The Hall–Kier alpha value is -1.90. The average molecular weight is 254 g/mol. The van der Waals surface area contributed by atoms with Gasteiger partial charge in [0.05, 0.1) is 11.4 Å². The molecule has 2 aromatic rings. The van der Waals surface area contributed by atoms with Gasteiger partial charge >= 0.3 is 0 Å². The fourth-order valence-corrected chi connectivity index (χ4v) is 3.01. The molecule has 0 saturated heterocycles. The quantitative estimate of drug-likeness (QED) is 0.892. The van der Waals surface area contributed by atoms with E-state index >= 15 is 0 Å². The smallest absolute Gasteiger partial charge is 0.165 e. The molecule has 0 aliphatic heterocycles. The predicted octanol–water partition coefficient (Wildman–Crippen LogP) is 3.40. The highest BCUT2D eigenvalue weighted by molar-refractivity contribution is 6.01. The molecular formula is C16H18N2O. The number of aromatic nitrogens is 2. The molecule has 0 fully saturated rings. The zero-order valence-corrected chi connectivity index (χ0v) is 11.4. The van der Waals surface area contributed by atoms with Gasteiger partial charge in [-0.25, -0.2) is 0 Å². The Bertz CT molecular complexity index is 613. The Morgan fingerprint density at radius 3 is 2.89 bits per heavy atom. The van der Waals surface area contributed by atoms with Crippen LogP contribution in [0.4, 0.5) is 0 Å². The number of fused-ring (bicyclic) bond motifs is 1. The summed E-state index contributed by atoms with van der Waals surface area (Å²) in [4.78, 5) is 20.1. The zero-order valence-electron chi connectivity index (χ0n) is 11.4. The van der Waals surface area contributed by atoms with Crippen LogP contribution in [-0.2, 0) is 12.8 Å². The topological polar surface area (TPSA) is 45.8 Å². The Morgan fingerprint density at radius 2 is 2.21 bits per heavy atom. The van der Waals surface area contributed by atoms with Crippen LogP contribution in [0.3, 0.4) is 0 Å². The van der Waals surface area contributed by atoms with Gasteiger partial charge in [-0.15, -0.1) is 0 Å². The van der Waals surface area contributed by atoms with E-state index in [-0.39, 0.29) is 5.78 Å². The van der Waals surface area contributed by atoms with E-state index in [1.165, 1.54) is 0 Å². The summed E-state index contributed by atoms with van der Waals surface area (Å²) in [5.74, 6) is 0.712. The number of carbonyl (C=O) groups is 1. The van der Waals surface area contributed by atoms with Crippen molar-refractivity contribution in [1.82, 2.24) is 9.97 Å². The van der Waals surface area contributed by atoms with Crippen LogP contribution in [0, 0.1) is 5.92 Å². The van der Waals surface area contributed by atoms with Crippen molar-refractivity contribution in [2.45, 2.75) is 33.1 Å². The minimum absolute atomic E-state index is 0.282. The van der Waals surface area contributed by atoms with Gasteiger partial charge in [-0.3, -0.25) is 9.78 Å². The minimum atomic E-state index is 0.282. The summed E-state index contributed by atoms with van der Waals surface area (Å²) < 4.78 is 0. The molecule has 0 saturated carbocycles. The number of ketones is 1. The lowest BCUT2D eigenvalue weighted by atomic mass is 9.86. The summed E-state index contributed by atoms with van der Waals surface area (Å²) in [6.07, 6.45) is 4.28. The molecule has 0 radical (unpaired) electrons. The molecule has 3 nitrogen and oxygen atoms in total. The van der Waals surface area contributed by atoms with E-state index in [0.717, 1.165) is 41.1 Å². The second-order valence-electron chi connectivity index (χ2n) is 5.34. The summed E-state index contributed by atoms with van der Waals surface area (Å²) >= 11 is 0. The average Bonchev–Trinajstić information content (AvgIpc) is 2.78. The molecule has 1 aliphatic carbocycles. The lowest BCUT2D eigenvalue weighted by Gasteiger charge is -2.17. The molecule has 3 rings (SSSR count). The first kappa shape index (κ1) is 12.2. The Morgan fingerprint density at radius 1 is 1.37 bits per heavy atom. The fourth-order valence-electron chi connectivity index (χ4n) is 3.01. The van der Waals surface area contributed by atoms with Crippen molar-refractivity contribution in [3.63, 3.8) is 0 Å². The zero-order chi connectivity index (χ0) is 13.4. The summed E-state index contributed by atoms with van der Waals surface area (Å²) in [5.41, 5.74) is 5.11. The van der Waals surface area contributed by atoms with E-state index in [9.17, 15) is 4.79 Å². The highest BCUT2D eigenvalue weighted by Gasteiger charge is 2.28. The fraction of sp³-hybridized carbons (Fsp3) is 0.375. The number of pyridine rings is 1. The van der Waals surface area contributed by atoms with E-state index in [4.69, 9.17) is 0 Å². The molecule has 3 heteroatoms. The van der Waals surface area contributed by atoms with E-state index < -0.39 is 0 Å². The van der Waals surface area contributed by atoms with Gasteiger partial charge in [0.2, 0.25) is 0 Å². The maximum atomic E-state index is 12.3. The number of hydrogen-bond acceptors (Lipinski definition) is 2. The van der Waals surface area contributed by atoms with Crippen LogP contribution in [0.2, 0.25) is 0 Å². The normalized spacial score (nSPS) is 18.4. The molecule has 1 aliphatic rings. The number of nitrogens with zero attached hydrogens (tertiary/aromatic N) is 1. The Kier molecular flexibility index (Phi) is 2.97. The third kappa shape index (κ3) is 1.99. The molecule has 0 spiro atoms. The molecular weight excluding hydrogens is 236 g/mol. The predicted molar refractivity (Wildman–Crippen MR) is 75.2 cm³/mol. The van der Waals surface area contributed by atoms with Gasteiger partial charge in [0.1, 0.15) is 0 Å². The molecule has 1 atom stereocenters. The lowest BCUT2D eigenvalue weighted by molar-refractivity contribution is 0.0952. The largest absolute Gasteiger partial charge is 0.356 e. The maximum absolute atomic E-state index is 12.3. The van der Waals surface area contributed by atoms with Gasteiger partial charge in [-0.2, -0.15) is 0 Å². The third-order valence-corrected chi connectivity index (χ3v) is 3.82. The number of aromatic amines is 1. The van der Waals surface area contributed by atoms with Gasteiger partial charge in [0.15, 0.2) is 5.78 Å².